The van der Waals surface area contributed by atoms with Crippen LogP contribution in [-0.4, -0.2) is 60.4 Å². The summed E-state index contributed by atoms with van der Waals surface area (Å²) in [5, 5.41) is 29.8. The van der Waals surface area contributed by atoms with Gasteiger partial charge in [0.25, 0.3) is 0 Å². The summed E-state index contributed by atoms with van der Waals surface area (Å²) in [6.45, 7) is 3.07. The van der Waals surface area contributed by atoms with Gasteiger partial charge < -0.3 is 25.4 Å². The molecule has 0 saturated heterocycles. The van der Waals surface area contributed by atoms with Crippen molar-refractivity contribution < 1.29 is 20.1 Å². The highest BCUT2D eigenvalue weighted by atomic mass is 16.5. The zero-order valence-electron chi connectivity index (χ0n) is 9.35. The maximum absolute atomic E-state index is 9.44. The molecule has 0 saturated carbocycles. The van der Waals surface area contributed by atoms with E-state index in [9.17, 15) is 5.11 Å². The molecule has 0 aliphatic rings. The second-order valence-electron chi connectivity index (χ2n) is 3.55. The highest BCUT2D eigenvalue weighted by Crippen LogP contribution is 1.91. The van der Waals surface area contributed by atoms with E-state index in [2.05, 4.69) is 12.2 Å². The molecule has 0 aromatic rings. The standard InChI is InChI=1S/C10H23NO4/c1-2-3-4-15-8-10(14)5-11-9(6-12)7-13/h9-14H,2-8H2,1H3. The topological polar surface area (TPSA) is 82.0 Å². The van der Waals surface area contributed by atoms with Crippen LogP contribution in [0.3, 0.4) is 0 Å². The van der Waals surface area contributed by atoms with Gasteiger partial charge in [-0.25, -0.2) is 0 Å². The van der Waals surface area contributed by atoms with Crippen molar-refractivity contribution in [3.8, 4) is 0 Å². The van der Waals surface area contributed by atoms with Crippen LogP contribution >= 0.6 is 0 Å². The molecule has 0 fully saturated rings. The van der Waals surface area contributed by atoms with E-state index in [-0.39, 0.29) is 25.9 Å². The number of aliphatic hydroxyl groups is 3. The SMILES string of the molecule is CCCCOCC(O)CNC(CO)CO. The molecule has 92 valence electrons. The normalized spacial score (nSPS) is 13.4. The molecular formula is C10H23NO4. The Labute approximate surface area is 91.1 Å². The Morgan fingerprint density at radius 1 is 1.27 bits per heavy atom. The summed E-state index contributed by atoms with van der Waals surface area (Å²) in [7, 11) is 0. The first-order chi connectivity index (χ1) is 7.24. The van der Waals surface area contributed by atoms with Gasteiger partial charge in [0.2, 0.25) is 0 Å². The minimum atomic E-state index is -0.595. The highest BCUT2D eigenvalue weighted by molar-refractivity contribution is 4.66. The van der Waals surface area contributed by atoms with Crippen molar-refractivity contribution in [2.45, 2.75) is 31.9 Å². The molecule has 0 aromatic heterocycles. The monoisotopic (exact) mass is 221 g/mol. The van der Waals surface area contributed by atoms with Crippen LogP contribution < -0.4 is 5.32 Å². The smallest absolute Gasteiger partial charge is 0.0897 e. The van der Waals surface area contributed by atoms with Crippen LogP contribution in [0.15, 0.2) is 0 Å². The van der Waals surface area contributed by atoms with Crippen molar-refractivity contribution in [2.75, 3.05) is 33.0 Å². The van der Waals surface area contributed by atoms with Crippen molar-refractivity contribution in [2.24, 2.45) is 0 Å². The first-order valence-corrected chi connectivity index (χ1v) is 5.45. The number of aliphatic hydroxyl groups excluding tert-OH is 3. The van der Waals surface area contributed by atoms with Crippen LogP contribution in [0, 0.1) is 0 Å². The van der Waals surface area contributed by atoms with Gasteiger partial charge >= 0.3 is 0 Å². The first kappa shape index (κ1) is 14.8. The van der Waals surface area contributed by atoms with E-state index >= 15 is 0 Å². The molecule has 5 nitrogen and oxygen atoms in total. The third-order valence-corrected chi connectivity index (χ3v) is 2.04. The Morgan fingerprint density at radius 3 is 2.47 bits per heavy atom. The van der Waals surface area contributed by atoms with E-state index in [1.165, 1.54) is 0 Å². The molecule has 1 atom stereocenters. The van der Waals surface area contributed by atoms with Gasteiger partial charge in [-0.05, 0) is 6.42 Å². The van der Waals surface area contributed by atoms with Gasteiger partial charge in [0.05, 0.1) is 32.0 Å². The summed E-state index contributed by atoms with van der Waals surface area (Å²) >= 11 is 0. The summed E-state index contributed by atoms with van der Waals surface area (Å²) in [6.07, 6.45) is 1.48. The molecule has 0 aliphatic heterocycles. The van der Waals surface area contributed by atoms with Gasteiger partial charge in [0, 0.05) is 13.2 Å². The van der Waals surface area contributed by atoms with Gasteiger partial charge in [-0.2, -0.15) is 0 Å². The lowest BCUT2D eigenvalue weighted by Gasteiger charge is -2.16. The maximum Gasteiger partial charge on any atom is 0.0897 e. The molecular weight excluding hydrogens is 198 g/mol. The van der Waals surface area contributed by atoms with Gasteiger partial charge in [0.15, 0.2) is 0 Å². The zero-order chi connectivity index (χ0) is 11.5. The minimum Gasteiger partial charge on any atom is -0.395 e. The van der Waals surface area contributed by atoms with Crippen LogP contribution in [0.5, 0.6) is 0 Å². The maximum atomic E-state index is 9.44. The molecule has 0 spiro atoms. The number of nitrogens with one attached hydrogen (secondary N) is 1. The van der Waals surface area contributed by atoms with Crippen molar-refractivity contribution in [1.82, 2.24) is 5.32 Å². The van der Waals surface area contributed by atoms with Crippen LogP contribution in [0.2, 0.25) is 0 Å². The largest absolute Gasteiger partial charge is 0.395 e. The molecule has 0 heterocycles. The summed E-state index contributed by atoms with van der Waals surface area (Å²) in [5.41, 5.74) is 0. The first-order valence-electron chi connectivity index (χ1n) is 5.45. The lowest BCUT2D eigenvalue weighted by Crippen LogP contribution is -2.41. The molecule has 0 aromatic carbocycles. The lowest BCUT2D eigenvalue weighted by atomic mass is 10.3. The molecule has 4 N–H and O–H groups in total. The Balaban J connectivity index is 3.35. The fourth-order valence-electron chi connectivity index (χ4n) is 1.01. The quantitative estimate of drug-likeness (QED) is 0.360. The Morgan fingerprint density at radius 2 is 1.93 bits per heavy atom. The molecule has 15 heavy (non-hydrogen) atoms. The average molecular weight is 221 g/mol. The predicted molar refractivity (Wildman–Crippen MR) is 57.7 cm³/mol. The Kier molecular flexibility index (Phi) is 10.2. The zero-order valence-corrected chi connectivity index (χ0v) is 9.35. The van der Waals surface area contributed by atoms with Gasteiger partial charge in [-0.15, -0.1) is 0 Å². The number of rotatable bonds is 10. The Hall–Kier alpha value is -0.200. The van der Waals surface area contributed by atoms with Gasteiger partial charge in [-0.3, -0.25) is 0 Å². The van der Waals surface area contributed by atoms with E-state index in [1.807, 2.05) is 0 Å². The predicted octanol–water partition coefficient (Wildman–Crippen LogP) is -0.893. The van der Waals surface area contributed by atoms with E-state index in [0.717, 1.165) is 12.8 Å². The number of hydrogen-bond donors (Lipinski definition) is 4. The number of ether oxygens (including phenoxy) is 1. The molecule has 5 heteroatoms. The van der Waals surface area contributed by atoms with E-state index in [1.54, 1.807) is 0 Å². The molecule has 0 bridgehead atoms. The molecule has 1 unspecified atom stereocenters. The van der Waals surface area contributed by atoms with Crippen LogP contribution in [0.25, 0.3) is 0 Å². The van der Waals surface area contributed by atoms with Crippen LogP contribution in [0.1, 0.15) is 19.8 Å². The van der Waals surface area contributed by atoms with Crippen molar-refractivity contribution in [1.29, 1.82) is 0 Å². The van der Waals surface area contributed by atoms with Crippen LogP contribution in [-0.2, 0) is 4.74 Å². The summed E-state index contributed by atoms with van der Waals surface area (Å²) in [4.78, 5) is 0. The molecule has 0 amide bonds. The average Bonchev–Trinajstić information content (AvgIpc) is 2.26. The van der Waals surface area contributed by atoms with Crippen LogP contribution in [0.4, 0.5) is 0 Å². The fraction of sp³-hybridized carbons (Fsp3) is 1.00. The second kappa shape index (κ2) is 10.3. The van der Waals surface area contributed by atoms with E-state index in [4.69, 9.17) is 14.9 Å². The van der Waals surface area contributed by atoms with Crippen molar-refractivity contribution in [3.05, 3.63) is 0 Å². The highest BCUT2D eigenvalue weighted by Gasteiger charge is 2.08. The lowest BCUT2D eigenvalue weighted by molar-refractivity contribution is 0.0317. The summed E-state index contributed by atoms with van der Waals surface area (Å²) in [6, 6.07) is -0.365. The van der Waals surface area contributed by atoms with Gasteiger partial charge in [-0.1, -0.05) is 13.3 Å². The fourth-order valence-corrected chi connectivity index (χ4v) is 1.01. The van der Waals surface area contributed by atoms with E-state index in [0.29, 0.717) is 13.2 Å². The third-order valence-electron chi connectivity index (χ3n) is 2.04. The molecule has 0 rings (SSSR count). The third kappa shape index (κ3) is 8.77. The molecule has 0 aliphatic carbocycles. The number of hydrogen-bond acceptors (Lipinski definition) is 5. The molecule has 0 radical (unpaired) electrons. The summed E-state index contributed by atoms with van der Waals surface area (Å²) < 4.78 is 5.22. The second-order valence-corrected chi connectivity index (χ2v) is 3.55. The Bertz CT molecular complexity index is 131. The van der Waals surface area contributed by atoms with Crippen molar-refractivity contribution in [3.63, 3.8) is 0 Å². The summed E-state index contributed by atoms with van der Waals surface area (Å²) in [5.74, 6) is 0. The minimum absolute atomic E-state index is 0.139. The van der Waals surface area contributed by atoms with Crippen molar-refractivity contribution >= 4 is 0 Å². The number of unbranched alkanes of at least 4 members (excludes halogenated alkanes) is 1. The van der Waals surface area contributed by atoms with Gasteiger partial charge in [0.1, 0.15) is 0 Å². The van der Waals surface area contributed by atoms with E-state index < -0.39 is 6.10 Å².